The fraction of sp³-hybridized carbons (Fsp3) is 0.200. The summed E-state index contributed by atoms with van der Waals surface area (Å²) in [5.41, 5.74) is 0. The number of nitrogens with one attached hydrogen (secondary N) is 1. The molecule has 2 aromatic rings. The molecule has 2 rings (SSSR count). The van der Waals surface area contributed by atoms with Gasteiger partial charge in [0.15, 0.2) is 0 Å². The molecule has 0 aliphatic rings. The molecule has 20 heavy (non-hydrogen) atoms. The third kappa shape index (κ3) is 3.08. The molecular weight excluding hydrogens is 370 g/mol. The lowest BCUT2D eigenvalue weighted by atomic mass is 10.5. The van der Waals surface area contributed by atoms with Crippen LogP contribution in [0.3, 0.4) is 0 Å². The number of carboxylic acid groups (broad SMARTS) is 1. The molecule has 0 spiro atoms. The van der Waals surface area contributed by atoms with Crippen molar-refractivity contribution in [3.05, 3.63) is 32.9 Å². The maximum atomic E-state index is 12.1. The number of sulfonamides is 1. The zero-order valence-electron chi connectivity index (χ0n) is 10.2. The van der Waals surface area contributed by atoms with Gasteiger partial charge in [-0.2, -0.15) is 0 Å². The number of rotatable bonds is 5. The summed E-state index contributed by atoms with van der Waals surface area (Å²) in [4.78, 5) is 14.7. The Kier molecular flexibility index (Phi) is 4.28. The van der Waals surface area contributed by atoms with Crippen molar-refractivity contribution in [3.8, 4) is 0 Å². The van der Waals surface area contributed by atoms with Gasteiger partial charge in [-0.3, -0.25) is 0 Å². The Morgan fingerprint density at radius 1 is 1.60 bits per heavy atom. The number of aryl methyl sites for hydroxylation is 1. The van der Waals surface area contributed by atoms with Gasteiger partial charge in [0, 0.05) is 19.4 Å². The van der Waals surface area contributed by atoms with Crippen molar-refractivity contribution in [3.63, 3.8) is 0 Å². The van der Waals surface area contributed by atoms with Gasteiger partial charge in [0.2, 0.25) is 10.0 Å². The van der Waals surface area contributed by atoms with Crippen LogP contribution in [0.1, 0.15) is 15.5 Å². The Morgan fingerprint density at radius 2 is 2.30 bits per heavy atom. The van der Waals surface area contributed by atoms with E-state index in [1.54, 1.807) is 24.0 Å². The van der Waals surface area contributed by atoms with Gasteiger partial charge in [0.1, 0.15) is 15.6 Å². The highest BCUT2D eigenvalue weighted by Gasteiger charge is 2.23. The lowest BCUT2D eigenvalue weighted by molar-refractivity contribution is 0.0702. The van der Waals surface area contributed by atoms with E-state index in [0.29, 0.717) is 5.82 Å². The minimum absolute atomic E-state index is 0.0243. The van der Waals surface area contributed by atoms with Crippen LogP contribution in [0.25, 0.3) is 0 Å². The molecule has 0 saturated carbocycles. The summed E-state index contributed by atoms with van der Waals surface area (Å²) in [6, 6.07) is 1.12. The number of carboxylic acids is 1. The number of imidazole rings is 1. The zero-order valence-corrected chi connectivity index (χ0v) is 13.4. The van der Waals surface area contributed by atoms with Gasteiger partial charge in [0.25, 0.3) is 0 Å². The highest BCUT2D eigenvalue weighted by Crippen LogP contribution is 2.31. The van der Waals surface area contributed by atoms with Gasteiger partial charge >= 0.3 is 5.97 Å². The standard InChI is InChI=1S/C10H10BrN3O4S2/c1-14-3-2-12-8(14)5-13-20(17,18)7-4-6(10(15)16)19-9(7)11/h2-4,13H,5H2,1H3,(H,15,16). The molecule has 0 saturated heterocycles. The summed E-state index contributed by atoms with van der Waals surface area (Å²) < 4.78 is 28.6. The number of hydrogen-bond acceptors (Lipinski definition) is 5. The molecule has 0 amide bonds. The summed E-state index contributed by atoms with van der Waals surface area (Å²) >= 11 is 3.92. The molecule has 0 aromatic carbocycles. The molecule has 0 aliphatic heterocycles. The second kappa shape index (κ2) is 5.64. The van der Waals surface area contributed by atoms with E-state index in [0.717, 1.165) is 17.4 Å². The lowest BCUT2D eigenvalue weighted by Gasteiger charge is -2.05. The van der Waals surface area contributed by atoms with Crippen LogP contribution in [-0.4, -0.2) is 29.0 Å². The Labute approximate surface area is 127 Å². The summed E-state index contributed by atoms with van der Waals surface area (Å²) in [6.45, 7) is 0.0243. The number of hydrogen-bond donors (Lipinski definition) is 2. The van der Waals surface area contributed by atoms with E-state index in [4.69, 9.17) is 5.11 Å². The van der Waals surface area contributed by atoms with E-state index < -0.39 is 16.0 Å². The summed E-state index contributed by atoms with van der Waals surface area (Å²) in [5, 5.41) is 8.87. The van der Waals surface area contributed by atoms with Crippen LogP contribution in [0.2, 0.25) is 0 Å². The van der Waals surface area contributed by atoms with E-state index in [1.165, 1.54) is 0 Å². The Bertz CT molecular complexity index is 750. The SMILES string of the molecule is Cn1ccnc1CNS(=O)(=O)c1cc(C(=O)O)sc1Br. The van der Waals surface area contributed by atoms with E-state index in [2.05, 4.69) is 25.6 Å². The molecule has 7 nitrogen and oxygen atoms in total. The first-order valence-electron chi connectivity index (χ1n) is 5.30. The smallest absolute Gasteiger partial charge is 0.345 e. The van der Waals surface area contributed by atoms with Crippen LogP contribution >= 0.6 is 27.3 Å². The number of aromatic nitrogens is 2. The monoisotopic (exact) mass is 379 g/mol. The first-order chi connectivity index (χ1) is 9.31. The van der Waals surface area contributed by atoms with E-state index in [9.17, 15) is 13.2 Å². The summed E-state index contributed by atoms with van der Waals surface area (Å²) in [6.07, 6.45) is 3.26. The number of thiophene rings is 1. The minimum Gasteiger partial charge on any atom is -0.477 e. The van der Waals surface area contributed by atoms with Gasteiger partial charge in [0.05, 0.1) is 10.3 Å². The quantitative estimate of drug-likeness (QED) is 0.817. The van der Waals surface area contributed by atoms with Crippen molar-refractivity contribution >= 4 is 43.3 Å². The summed E-state index contributed by atoms with van der Waals surface area (Å²) in [7, 11) is -2.05. The third-order valence-corrected chi connectivity index (χ3v) is 6.14. The maximum absolute atomic E-state index is 12.1. The van der Waals surface area contributed by atoms with Gasteiger partial charge in [-0.1, -0.05) is 0 Å². The van der Waals surface area contributed by atoms with Gasteiger partial charge in [-0.25, -0.2) is 22.9 Å². The fourth-order valence-corrected chi connectivity index (χ4v) is 4.83. The Morgan fingerprint density at radius 3 is 2.80 bits per heavy atom. The van der Waals surface area contributed by atoms with Gasteiger partial charge in [-0.05, 0) is 22.0 Å². The molecular formula is C10H10BrN3O4S2. The molecule has 0 fully saturated rings. The molecule has 2 N–H and O–H groups in total. The Balaban J connectivity index is 2.22. The van der Waals surface area contributed by atoms with Crippen molar-refractivity contribution < 1.29 is 18.3 Å². The average Bonchev–Trinajstić information content (AvgIpc) is 2.93. The van der Waals surface area contributed by atoms with Crippen LogP contribution in [0.5, 0.6) is 0 Å². The van der Waals surface area contributed by atoms with Gasteiger partial charge < -0.3 is 9.67 Å². The molecule has 0 aliphatic carbocycles. The first kappa shape index (κ1) is 15.2. The maximum Gasteiger partial charge on any atom is 0.345 e. The molecule has 0 atom stereocenters. The fourth-order valence-electron chi connectivity index (χ4n) is 1.44. The van der Waals surface area contributed by atoms with Crippen molar-refractivity contribution in [2.45, 2.75) is 11.4 Å². The number of carbonyl (C=O) groups is 1. The van der Waals surface area contributed by atoms with Crippen LogP contribution in [0.15, 0.2) is 27.1 Å². The molecule has 2 aromatic heterocycles. The third-order valence-electron chi connectivity index (χ3n) is 2.50. The topological polar surface area (TPSA) is 101 Å². The normalized spacial score (nSPS) is 11.7. The second-order valence-electron chi connectivity index (χ2n) is 3.83. The predicted molar refractivity (Wildman–Crippen MR) is 76.2 cm³/mol. The molecule has 108 valence electrons. The van der Waals surface area contributed by atoms with E-state index in [1.807, 2.05) is 0 Å². The van der Waals surface area contributed by atoms with E-state index >= 15 is 0 Å². The van der Waals surface area contributed by atoms with E-state index in [-0.39, 0.29) is 20.1 Å². The molecule has 2 heterocycles. The van der Waals surface area contributed by atoms with Crippen molar-refractivity contribution in [1.82, 2.24) is 14.3 Å². The number of halogens is 1. The van der Waals surface area contributed by atoms with Crippen LogP contribution in [0.4, 0.5) is 0 Å². The molecule has 0 bridgehead atoms. The van der Waals surface area contributed by atoms with Crippen LogP contribution < -0.4 is 4.72 Å². The second-order valence-corrected chi connectivity index (χ2v) is 7.94. The highest BCUT2D eigenvalue weighted by molar-refractivity contribution is 9.11. The summed E-state index contributed by atoms with van der Waals surface area (Å²) in [5.74, 6) is -0.611. The highest BCUT2D eigenvalue weighted by atomic mass is 79.9. The van der Waals surface area contributed by atoms with Crippen molar-refractivity contribution in [1.29, 1.82) is 0 Å². The average molecular weight is 380 g/mol. The molecule has 0 unspecified atom stereocenters. The van der Waals surface area contributed by atoms with Gasteiger partial charge in [-0.15, -0.1) is 11.3 Å². The predicted octanol–water partition coefficient (Wildman–Crippen LogP) is 1.42. The number of aromatic carboxylic acids is 1. The lowest BCUT2D eigenvalue weighted by Crippen LogP contribution is -2.24. The minimum atomic E-state index is -3.80. The number of nitrogens with zero attached hydrogens (tertiary/aromatic N) is 2. The molecule has 0 radical (unpaired) electrons. The van der Waals surface area contributed by atoms with Crippen LogP contribution in [0, 0.1) is 0 Å². The van der Waals surface area contributed by atoms with Crippen molar-refractivity contribution in [2.75, 3.05) is 0 Å². The Hall–Kier alpha value is -1.23. The first-order valence-corrected chi connectivity index (χ1v) is 8.39. The van der Waals surface area contributed by atoms with Crippen molar-refractivity contribution in [2.24, 2.45) is 7.05 Å². The zero-order chi connectivity index (χ0) is 14.9. The largest absolute Gasteiger partial charge is 0.477 e. The molecule has 10 heteroatoms. The van der Waals surface area contributed by atoms with Crippen LogP contribution in [-0.2, 0) is 23.6 Å².